The van der Waals surface area contributed by atoms with Crippen LogP contribution in [-0.4, -0.2) is 44.0 Å². The Balaban J connectivity index is 2.36. The Labute approximate surface area is 125 Å². The van der Waals surface area contributed by atoms with E-state index in [1.807, 2.05) is 30.3 Å². The van der Waals surface area contributed by atoms with Crippen LogP contribution in [0.1, 0.15) is 18.5 Å². The van der Waals surface area contributed by atoms with Crippen LogP contribution in [-0.2, 0) is 4.79 Å². The predicted molar refractivity (Wildman–Crippen MR) is 82.6 cm³/mol. The Kier molecular flexibility index (Phi) is 6.68. The number of nitrogens with two attached hydrogens (primary N) is 1. The van der Waals surface area contributed by atoms with Gasteiger partial charge in [-0.25, -0.2) is 4.79 Å². The van der Waals surface area contributed by atoms with Gasteiger partial charge in [0.05, 0.1) is 5.92 Å². The summed E-state index contributed by atoms with van der Waals surface area (Å²) in [5.74, 6) is -0.456. The topological polar surface area (TPSA) is 87.5 Å². The smallest absolute Gasteiger partial charge is 0.316 e. The van der Waals surface area contributed by atoms with E-state index in [0.29, 0.717) is 13.1 Å². The molecule has 116 valence electrons. The van der Waals surface area contributed by atoms with Gasteiger partial charge >= 0.3 is 6.03 Å². The number of carbonyl (C=O) groups is 2. The number of hydrogen-bond acceptors (Lipinski definition) is 3. The van der Waals surface area contributed by atoms with E-state index in [9.17, 15) is 9.59 Å². The van der Waals surface area contributed by atoms with E-state index in [-0.39, 0.29) is 23.9 Å². The van der Waals surface area contributed by atoms with E-state index in [1.54, 1.807) is 21.0 Å². The van der Waals surface area contributed by atoms with Crippen molar-refractivity contribution >= 4 is 11.9 Å². The van der Waals surface area contributed by atoms with E-state index in [2.05, 4.69) is 10.6 Å². The highest BCUT2D eigenvalue weighted by Gasteiger charge is 2.21. The van der Waals surface area contributed by atoms with E-state index in [0.717, 1.165) is 5.56 Å². The minimum absolute atomic E-state index is 0.120. The summed E-state index contributed by atoms with van der Waals surface area (Å²) in [6, 6.07) is 9.00. The molecule has 0 aliphatic carbocycles. The second kappa shape index (κ2) is 8.26. The number of nitrogens with one attached hydrogen (secondary N) is 2. The van der Waals surface area contributed by atoms with Crippen LogP contribution >= 0.6 is 0 Å². The maximum absolute atomic E-state index is 12.0. The average Bonchev–Trinajstić information content (AvgIpc) is 2.50. The fraction of sp³-hybridized carbons (Fsp3) is 0.467. The maximum atomic E-state index is 12.0. The van der Waals surface area contributed by atoms with Gasteiger partial charge in [-0.2, -0.15) is 0 Å². The summed E-state index contributed by atoms with van der Waals surface area (Å²) in [7, 11) is 3.32. The molecule has 21 heavy (non-hydrogen) atoms. The van der Waals surface area contributed by atoms with Gasteiger partial charge in [0.25, 0.3) is 0 Å². The summed E-state index contributed by atoms with van der Waals surface area (Å²) in [6.45, 7) is 2.56. The maximum Gasteiger partial charge on any atom is 0.316 e. The molecule has 6 nitrogen and oxygen atoms in total. The van der Waals surface area contributed by atoms with Gasteiger partial charge in [0.2, 0.25) is 5.91 Å². The van der Waals surface area contributed by atoms with E-state index in [1.165, 1.54) is 4.90 Å². The third-order valence-electron chi connectivity index (χ3n) is 3.24. The lowest BCUT2D eigenvalue weighted by molar-refractivity contribution is -0.125. The summed E-state index contributed by atoms with van der Waals surface area (Å²) in [5, 5.41) is 5.45. The third-order valence-corrected chi connectivity index (χ3v) is 3.24. The molecule has 2 atom stereocenters. The van der Waals surface area contributed by atoms with E-state index < -0.39 is 0 Å². The van der Waals surface area contributed by atoms with E-state index >= 15 is 0 Å². The van der Waals surface area contributed by atoms with E-state index in [4.69, 9.17) is 5.73 Å². The van der Waals surface area contributed by atoms with Gasteiger partial charge in [-0.1, -0.05) is 37.3 Å². The van der Waals surface area contributed by atoms with Crippen LogP contribution < -0.4 is 16.4 Å². The van der Waals surface area contributed by atoms with Crippen LogP contribution in [0.25, 0.3) is 0 Å². The lowest BCUT2D eigenvalue weighted by atomic mass is 9.95. The van der Waals surface area contributed by atoms with Crippen molar-refractivity contribution < 1.29 is 9.59 Å². The van der Waals surface area contributed by atoms with Crippen LogP contribution in [0.4, 0.5) is 4.79 Å². The summed E-state index contributed by atoms with van der Waals surface area (Å²) in [6.07, 6.45) is 0. The van der Waals surface area contributed by atoms with Gasteiger partial charge in [0, 0.05) is 33.2 Å². The Morgan fingerprint density at radius 2 is 1.71 bits per heavy atom. The number of amides is 3. The number of nitrogens with zero attached hydrogens (tertiary/aromatic N) is 1. The third kappa shape index (κ3) is 5.43. The molecule has 0 saturated carbocycles. The minimum Gasteiger partial charge on any atom is -0.354 e. The standard InChI is InChI=1S/C15H24N4O2/c1-11(13(16)12-7-5-4-6-8-12)14(20)17-9-10-18-15(21)19(2)3/h4-8,11,13H,9-10,16H2,1-3H3,(H,17,20)(H,18,21). The van der Waals surface area contributed by atoms with Crippen LogP contribution in [0.3, 0.4) is 0 Å². The molecule has 4 N–H and O–H groups in total. The number of rotatable bonds is 6. The predicted octanol–water partition coefficient (Wildman–Crippen LogP) is 0.710. The Morgan fingerprint density at radius 3 is 2.29 bits per heavy atom. The SMILES string of the molecule is CC(C(=O)NCCNC(=O)N(C)C)C(N)c1ccccc1. The molecule has 2 unspecified atom stereocenters. The fourth-order valence-corrected chi connectivity index (χ4v) is 1.80. The first-order valence-corrected chi connectivity index (χ1v) is 6.97. The lowest BCUT2D eigenvalue weighted by Crippen LogP contribution is -2.42. The van der Waals surface area contributed by atoms with Gasteiger partial charge in [-0.15, -0.1) is 0 Å². The minimum atomic E-state index is -0.345. The molecule has 0 heterocycles. The molecular weight excluding hydrogens is 268 g/mol. The van der Waals surface area contributed by atoms with Gasteiger partial charge in [-0.3, -0.25) is 4.79 Å². The molecular formula is C15H24N4O2. The summed E-state index contributed by atoms with van der Waals surface area (Å²) in [4.78, 5) is 24.8. The fourth-order valence-electron chi connectivity index (χ4n) is 1.80. The zero-order valence-corrected chi connectivity index (χ0v) is 12.8. The number of benzene rings is 1. The molecule has 0 saturated heterocycles. The van der Waals surface area contributed by atoms with Crippen LogP contribution in [0.2, 0.25) is 0 Å². The highest BCUT2D eigenvalue weighted by molar-refractivity contribution is 5.79. The van der Waals surface area contributed by atoms with Crippen LogP contribution in [0, 0.1) is 5.92 Å². The monoisotopic (exact) mass is 292 g/mol. The molecule has 1 aromatic carbocycles. The van der Waals surface area contributed by atoms with Crippen LogP contribution in [0.5, 0.6) is 0 Å². The zero-order chi connectivity index (χ0) is 15.8. The molecule has 1 aromatic rings. The first kappa shape index (κ1) is 17.0. The first-order valence-electron chi connectivity index (χ1n) is 6.97. The van der Waals surface area contributed by atoms with Crippen molar-refractivity contribution in [1.29, 1.82) is 0 Å². The average molecular weight is 292 g/mol. The van der Waals surface area contributed by atoms with Crippen molar-refractivity contribution in [3.8, 4) is 0 Å². The number of urea groups is 1. The summed E-state index contributed by atoms with van der Waals surface area (Å²) in [5.41, 5.74) is 7.03. The summed E-state index contributed by atoms with van der Waals surface area (Å²) >= 11 is 0. The first-order chi connectivity index (χ1) is 9.93. The van der Waals surface area contributed by atoms with Crippen molar-refractivity contribution in [3.05, 3.63) is 35.9 Å². The molecule has 3 amide bonds. The highest BCUT2D eigenvalue weighted by Crippen LogP contribution is 2.18. The molecule has 6 heteroatoms. The Morgan fingerprint density at radius 1 is 1.14 bits per heavy atom. The highest BCUT2D eigenvalue weighted by atomic mass is 16.2. The molecule has 0 aromatic heterocycles. The van der Waals surface area contributed by atoms with Gasteiger partial charge in [0.1, 0.15) is 0 Å². The second-order valence-electron chi connectivity index (χ2n) is 5.14. The van der Waals surface area contributed by atoms with Crippen molar-refractivity contribution in [1.82, 2.24) is 15.5 Å². The molecule has 0 radical (unpaired) electrons. The Bertz CT molecular complexity index is 462. The second-order valence-corrected chi connectivity index (χ2v) is 5.14. The van der Waals surface area contributed by atoms with Gasteiger partial charge < -0.3 is 21.3 Å². The van der Waals surface area contributed by atoms with Crippen molar-refractivity contribution in [2.24, 2.45) is 11.7 Å². The number of hydrogen-bond donors (Lipinski definition) is 3. The lowest BCUT2D eigenvalue weighted by Gasteiger charge is -2.20. The molecule has 0 bridgehead atoms. The Hall–Kier alpha value is -2.08. The molecule has 0 spiro atoms. The molecule has 0 fully saturated rings. The van der Waals surface area contributed by atoms with Crippen LogP contribution in [0.15, 0.2) is 30.3 Å². The molecule has 1 rings (SSSR count). The molecule has 0 aliphatic rings. The zero-order valence-electron chi connectivity index (χ0n) is 12.8. The largest absolute Gasteiger partial charge is 0.354 e. The van der Waals surface area contributed by atoms with Gasteiger partial charge in [0.15, 0.2) is 0 Å². The van der Waals surface area contributed by atoms with Gasteiger partial charge in [-0.05, 0) is 5.56 Å². The normalized spacial score (nSPS) is 13.1. The van der Waals surface area contributed by atoms with Crippen molar-refractivity contribution in [2.75, 3.05) is 27.2 Å². The van der Waals surface area contributed by atoms with Crippen molar-refractivity contribution in [2.45, 2.75) is 13.0 Å². The molecule has 0 aliphatic heterocycles. The number of carbonyl (C=O) groups excluding carboxylic acids is 2. The summed E-state index contributed by atoms with van der Waals surface area (Å²) < 4.78 is 0. The quantitative estimate of drug-likeness (QED) is 0.675. The van der Waals surface area contributed by atoms with Crippen molar-refractivity contribution in [3.63, 3.8) is 0 Å².